The van der Waals surface area contributed by atoms with Crippen LogP contribution in [0.15, 0.2) is 28.7 Å². The number of nitrogens with two attached hydrogens (primary N) is 1. The van der Waals surface area contributed by atoms with Crippen LogP contribution >= 0.6 is 0 Å². The van der Waals surface area contributed by atoms with Crippen LogP contribution in [0, 0.1) is 35.0 Å². The van der Waals surface area contributed by atoms with Gasteiger partial charge in [0.25, 0.3) is 5.91 Å². The van der Waals surface area contributed by atoms with Crippen molar-refractivity contribution in [2.45, 2.75) is 64.1 Å². The molecule has 0 saturated heterocycles. The summed E-state index contributed by atoms with van der Waals surface area (Å²) < 4.78 is 5.83. The van der Waals surface area contributed by atoms with E-state index in [-0.39, 0.29) is 29.7 Å². The molecule has 0 radical (unpaired) electrons. The van der Waals surface area contributed by atoms with E-state index in [1.54, 1.807) is 14.1 Å². The van der Waals surface area contributed by atoms with Gasteiger partial charge in [0, 0.05) is 29.2 Å². The number of primary amides is 1. The molecular formula is C33H43N3O8. The monoisotopic (exact) mass is 609 g/mol. The second-order valence-corrected chi connectivity index (χ2v) is 14.2. The number of nitrogens with zero attached hydrogens (tertiary/aromatic N) is 1. The summed E-state index contributed by atoms with van der Waals surface area (Å²) in [6.07, 6.45) is 3.93. The summed E-state index contributed by atoms with van der Waals surface area (Å²) in [5.74, 6) is -4.18. The van der Waals surface area contributed by atoms with Crippen molar-refractivity contribution in [1.29, 1.82) is 0 Å². The molecule has 0 aromatic heterocycles. The lowest BCUT2D eigenvalue weighted by Gasteiger charge is -2.60. The zero-order valence-electron chi connectivity index (χ0n) is 25.9. The number of rotatable bonds is 7. The minimum atomic E-state index is -2.66. The Hall–Kier alpha value is -3.41. The van der Waals surface area contributed by atoms with Crippen LogP contribution in [0.1, 0.15) is 61.0 Å². The number of aliphatic hydroxyl groups is 3. The largest absolute Gasteiger partial charge is 0.510 e. The first-order valence-corrected chi connectivity index (χ1v) is 15.4. The van der Waals surface area contributed by atoms with Crippen LogP contribution in [0.4, 0.5) is 0 Å². The number of carbonyl (C=O) groups is 3. The van der Waals surface area contributed by atoms with Crippen LogP contribution in [0.3, 0.4) is 0 Å². The third-order valence-electron chi connectivity index (χ3n) is 11.7. The van der Waals surface area contributed by atoms with Crippen LogP contribution in [0.25, 0.3) is 0 Å². The van der Waals surface area contributed by atoms with Crippen LogP contribution in [0.2, 0.25) is 0 Å². The predicted octanol–water partition coefficient (Wildman–Crippen LogP) is 2.29. The molecule has 238 valence electrons. The maximum Gasteiger partial charge on any atom is 0.255 e. The molecule has 1 aromatic rings. The standard InChI is InChI=1S/C33H43N3O8/c1-32(2)17-7-6-14(19(32)11-17)12-35-13-16-10-21(37)23-18(28(16)44-5)8-15-9-20-25(36(3)4)27(39)24(31(34)42)30(41)33(20,43)29(40)22(15)26(23)38/h10,14-15,17,19-20,25,35,37,39-40,43H,6-9,11-13H2,1-5H3,(H2,34,42)/t14-,15+,17?,19?,20+,25+,33+/m1/s1. The van der Waals surface area contributed by atoms with E-state index in [0.29, 0.717) is 40.7 Å². The van der Waals surface area contributed by atoms with E-state index in [9.17, 15) is 34.8 Å². The van der Waals surface area contributed by atoms with Gasteiger partial charge in [-0.2, -0.15) is 0 Å². The second kappa shape index (κ2) is 10.3. The molecule has 3 fully saturated rings. The van der Waals surface area contributed by atoms with Crippen molar-refractivity contribution in [2.75, 3.05) is 27.7 Å². The molecule has 0 spiro atoms. The molecule has 7 rings (SSSR count). The highest BCUT2D eigenvalue weighted by molar-refractivity contribution is 6.24. The molecule has 2 unspecified atom stereocenters. The van der Waals surface area contributed by atoms with Gasteiger partial charge in [0.15, 0.2) is 11.4 Å². The van der Waals surface area contributed by atoms with E-state index in [1.165, 1.54) is 37.3 Å². The maximum atomic E-state index is 14.0. The minimum absolute atomic E-state index is 0.0258. The molecule has 1 amide bonds. The van der Waals surface area contributed by atoms with Crippen molar-refractivity contribution >= 4 is 17.5 Å². The minimum Gasteiger partial charge on any atom is -0.510 e. The summed E-state index contributed by atoms with van der Waals surface area (Å²) in [5, 5.41) is 48.9. The first-order chi connectivity index (χ1) is 20.7. The number of nitrogens with one attached hydrogen (secondary N) is 1. The Kier molecular flexibility index (Phi) is 7.18. The number of hydrogen-bond donors (Lipinski definition) is 6. The zero-order valence-corrected chi connectivity index (χ0v) is 25.9. The van der Waals surface area contributed by atoms with Gasteiger partial charge in [0.05, 0.1) is 18.7 Å². The van der Waals surface area contributed by atoms with E-state index in [1.807, 2.05) is 0 Å². The summed E-state index contributed by atoms with van der Waals surface area (Å²) in [6.45, 7) is 6.00. The normalized spacial score (nSPS) is 33.9. The first kappa shape index (κ1) is 30.6. The number of Topliss-reactive ketones (excluding diaryl/α,β-unsaturated/α-hetero) is 2. The highest BCUT2D eigenvalue weighted by Crippen LogP contribution is 2.61. The quantitative estimate of drug-likeness (QED) is 0.251. The van der Waals surface area contributed by atoms with Gasteiger partial charge in [-0.25, -0.2) is 0 Å². The number of likely N-dealkylation sites (N-methyl/N-ethyl adjacent to an activating group) is 1. The van der Waals surface area contributed by atoms with Crippen LogP contribution in [0.5, 0.6) is 11.5 Å². The number of ketones is 2. The van der Waals surface area contributed by atoms with Gasteiger partial charge in [-0.15, -0.1) is 0 Å². The van der Waals surface area contributed by atoms with Gasteiger partial charge < -0.3 is 36.2 Å². The summed E-state index contributed by atoms with van der Waals surface area (Å²) in [6, 6.07) is 0.451. The van der Waals surface area contributed by atoms with Gasteiger partial charge >= 0.3 is 0 Å². The third-order valence-corrected chi connectivity index (χ3v) is 11.7. The lowest BCUT2D eigenvalue weighted by Crippen LogP contribution is -2.63. The second-order valence-electron chi connectivity index (χ2n) is 14.2. The molecule has 11 nitrogen and oxygen atoms in total. The number of phenols is 1. The fourth-order valence-electron chi connectivity index (χ4n) is 9.35. The number of ether oxygens (including phenoxy) is 1. The van der Waals surface area contributed by atoms with Crippen molar-refractivity contribution in [2.24, 2.45) is 40.7 Å². The lowest BCUT2D eigenvalue weighted by atomic mass is 9.45. The summed E-state index contributed by atoms with van der Waals surface area (Å²) in [7, 11) is 4.72. The van der Waals surface area contributed by atoms with Gasteiger partial charge in [-0.05, 0) is 87.9 Å². The first-order valence-electron chi connectivity index (χ1n) is 15.4. The third kappa shape index (κ3) is 4.08. The number of phenolic OH excluding ortho intramolecular Hbond substituents is 1. The molecule has 11 heteroatoms. The summed E-state index contributed by atoms with van der Waals surface area (Å²) >= 11 is 0. The van der Waals surface area contributed by atoms with Crippen LogP contribution in [-0.2, 0) is 22.6 Å². The van der Waals surface area contributed by atoms with E-state index >= 15 is 0 Å². The number of allylic oxidation sites excluding steroid dienone is 1. The van der Waals surface area contributed by atoms with E-state index < -0.39 is 58.0 Å². The Bertz CT molecular complexity index is 1520. The molecule has 6 aliphatic carbocycles. The molecule has 0 aliphatic heterocycles. The van der Waals surface area contributed by atoms with Gasteiger partial charge in [0.2, 0.25) is 5.78 Å². The van der Waals surface area contributed by atoms with Crippen LogP contribution < -0.4 is 15.8 Å². The molecule has 44 heavy (non-hydrogen) atoms. The smallest absolute Gasteiger partial charge is 0.255 e. The highest BCUT2D eigenvalue weighted by atomic mass is 16.5. The molecule has 1 aromatic carbocycles. The van der Waals surface area contributed by atoms with Gasteiger partial charge in [-0.3, -0.25) is 19.3 Å². The molecule has 0 heterocycles. The number of aromatic hydroxyl groups is 1. The van der Waals surface area contributed by atoms with Crippen molar-refractivity contribution in [3.63, 3.8) is 0 Å². The highest BCUT2D eigenvalue weighted by Gasteiger charge is 2.63. The average molecular weight is 610 g/mol. The SMILES string of the molecule is COc1c(CNC[C@H]2CCC3CC2C3(C)C)cc(O)c2c1C[C@H]1C[C@H]3[C@H](N(C)C)C(O)=C(C(N)=O)C(=O)[C@@]3(O)C(O)=C1C2=O. The van der Waals surface area contributed by atoms with Crippen molar-refractivity contribution in [3.8, 4) is 11.5 Å². The molecule has 3 saturated carbocycles. The van der Waals surface area contributed by atoms with Crippen molar-refractivity contribution in [3.05, 3.63) is 45.4 Å². The summed E-state index contributed by atoms with van der Waals surface area (Å²) in [5.41, 5.74) is 3.23. The van der Waals surface area contributed by atoms with Crippen molar-refractivity contribution in [1.82, 2.24) is 10.2 Å². The topological polar surface area (TPSA) is 183 Å². The van der Waals surface area contributed by atoms with Crippen molar-refractivity contribution < 1.29 is 39.5 Å². The Morgan fingerprint density at radius 2 is 1.84 bits per heavy atom. The van der Waals surface area contributed by atoms with E-state index in [4.69, 9.17) is 10.5 Å². The Balaban J connectivity index is 1.34. The van der Waals surface area contributed by atoms with Gasteiger partial charge in [0.1, 0.15) is 28.6 Å². The molecule has 7 N–H and O–H groups in total. The Labute approximate surface area is 256 Å². The summed E-state index contributed by atoms with van der Waals surface area (Å²) in [4.78, 5) is 41.1. The number of amides is 1. The number of carbonyl (C=O) groups excluding carboxylic acids is 3. The van der Waals surface area contributed by atoms with Gasteiger partial charge in [-0.1, -0.05) is 13.8 Å². The molecule has 2 bridgehead atoms. The molecular weight excluding hydrogens is 566 g/mol. The molecule has 7 atom stereocenters. The fraction of sp³-hybridized carbons (Fsp3) is 0.606. The van der Waals surface area contributed by atoms with Crippen LogP contribution in [-0.4, -0.2) is 82.2 Å². The maximum absolute atomic E-state index is 14.0. The average Bonchev–Trinajstić information content (AvgIpc) is 2.94. The predicted molar refractivity (Wildman–Crippen MR) is 160 cm³/mol. The van der Waals surface area contributed by atoms with E-state index in [2.05, 4.69) is 19.2 Å². The Morgan fingerprint density at radius 1 is 1.14 bits per heavy atom. The Morgan fingerprint density at radius 3 is 2.43 bits per heavy atom. The number of aliphatic hydroxyl groups excluding tert-OH is 2. The number of methoxy groups -OCH3 is 1. The lowest BCUT2D eigenvalue weighted by molar-refractivity contribution is -0.148. The number of hydrogen-bond acceptors (Lipinski definition) is 10. The fourth-order valence-corrected chi connectivity index (χ4v) is 9.35. The molecule has 6 aliphatic rings. The van der Waals surface area contributed by atoms with E-state index in [0.717, 1.165) is 12.5 Å². The number of benzene rings is 1. The zero-order chi connectivity index (χ0) is 32.0. The number of fused-ring (bicyclic) bond motifs is 5.